The maximum atomic E-state index is 13.4. The number of ether oxygens (including phenoxy) is 1. The quantitative estimate of drug-likeness (QED) is 0.692. The highest BCUT2D eigenvalue weighted by Crippen LogP contribution is 2.37. The van der Waals surface area contributed by atoms with Gasteiger partial charge in [-0.05, 0) is 44.1 Å². The standard InChI is InChI=1S/C20H23FN6O2/c21-18-8-14(5-6-24-18)25-20-16(19(23)28)10-27(26-20)17-4-3-15(7-13(17)9-22)29-11-12-1-2-12/h5-6,8,10,12-13,15,17H,1-4,7,11H2,(H2,23,28)(H,24,25,26)/t13-,15-,17+/m1/s1. The molecule has 0 unspecified atom stereocenters. The number of primary amides is 1. The van der Waals surface area contributed by atoms with Gasteiger partial charge in [-0.25, -0.2) is 4.98 Å². The van der Waals surface area contributed by atoms with Gasteiger partial charge in [-0.1, -0.05) is 0 Å². The molecule has 2 aromatic rings. The molecule has 2 aliphatic rings. The second kappa shape index (κ2) is 8.17. The molecule has 0 radical (unpaired) electrons. The lowest BCUT2D eigenvalue weighted by atomic mass is 9.83. The number of anilines is 2. The number of pyridine rings is 1. The van der Waals surface area contributed by atoms with Gasteiger partial charge in [-0.2, -0.15) is 14.8 Å². The zero-order valence-corrected chi connectivity index (χ0v) is 15.9. The van der Waals surface area contributed by atoms with Crippen LogP contribution in [0.2, 0.25) is 0 Å². The number of aromatic nitrogens is 3. The molecule has 2 fully saturated rings. The fraction of sp³-hybridized carbons (Fsp3) is 0.500. The van der Waals surface area contributed by atoms with Crippen LogP contribution in [0.1, 0.15) is 48.5 Å². The molecule has 0 aliphatic heterocycles. The van der Waals surface area contributed by atoms with Gasteiger partial charge in [-0.3, -0.25) is 9.48 Å². The number of nitrogens with zero attached hydrogens (tertiary/aromatic N) is 4. The van der Waals surface area contributed by atoms with Crippen molar-refractivity contribution in [3.63, 3.8) is 0 Å². The number of halogens is 1. The molecule has 0 aromatic carbocycles. The van der Waals surface area contributed by atoms with Crippen LogP contribution >= 0.6 is 0 Å². The largest absolute Gasteiger partial charge is 0.378 e. The lowest BCUT2D eigenvalue weighted by Crippen LogP contribution is -2.31. The van der Waals surface area contributed by atoms with Crippen LogP contribution in [0.3, 0.4) is 0 Å². The highest BCUT2D eigenvalue weighted by Gasteiger charge is 2.34. The van der Waals surface area contributed by atoms with Gasteiger partial charge in [0.15, 0.2) is 5.82 Å². The molecule has 9 heteroatoms. The highest BCUT2D eigenvalue weighted by molar-refractivity contribution is 5.98. The molecule has 1 amide bonds. The van der Waals surface area contributed by atoms with E-state index in [1.165, 1.54) is 25.1 Å². The Kier molecular flexibility index (Phi) is 5.45. The van der Waals surface area contributed by atoms with Crippen molar-refractivity contribution in [2.75, 3.05) is 11.9 Å². The summed E-state index contributed by atoms with van der Waals surface area (Å²) < 4.78 is 21.0. The number of amides is 1. The number of rotatable bonds is 7. The van der Waals surface area contributed by atoms with Crippen molar-refractivity contribution in [1.29, 1.82) is 5.26 Å². The monoisotopic (exact) mass is 398 g/mol. The predicted molar refractivity (Wildman–Crippen MR) is 103 cm³/mol. The molecule has 2 heterocycles. The van der Waals surface area contributed by atoms with Crippen molar-refractivity contribution in [3.05, 3.63) is 36.0 Å². The van der Waals surface area contributed by atoms with Crippen LogP contribution in [0.4, 0.5) is 15.9 Å². The molecule has 0 bridgehead atoms. The minimum atomic E-state index is -0.650. The number of hydrogen-bond donors (Lipinski definition) is 2. The maximum Gasteiger partial charge on any atom is 0.254 e. The van der Waals surface area contributed by atoms with Crippen molar-refractivity contribution in [3.8, 4) is 6.07 Å². The van der Waals surface area contributed by atoms with Crippen LogP contribution in [0.5, 0.6) is 0 Å². The van der Waals surface area contributed by atoms with Crippen molar-refractivity contribution in [2.45, 2.75) is 44.2 Å². The first-order valence-corrected chi connectivity index (χ1v) is 9.82. The Labute approximate surface area is 167 Å². The van der Waals surface area contributed by atoms with Gasteiger partial charge in [0.25, 0.3) is 5.91 Å². The molecule has 3 N–H and O–H groups in total. The van der Waals surface area contributed by atoms with Crippen LogP contribution < -0.4 is 11.1 Å². The second-order valence-electron chi connectivity index (χ2n) is 7.74. The van der Waals surface area contributed by atoms with Crippen molar-refractivity contribution in [1.82, 2.24) is 14.8 Å². The molecular formula is C20H23FN6O2. The molecular weight excluding hydrogens is 375 g/mol. The van der Waals surface area contributed by atoms with Crippen LogP contribution in [0.15, 0.2) is 24.5 Å². The van der Waals surface area contributed by atoms with E-state index < -0.39 is 11.9 Å². The summed E-state index contributed by atoms with van der Waals surface area (Å²) in [6.07, 6.45) is 7.61. The van der Waals surface area contributed by atoms with Crippen LogP contribution in [0, 0.1) is 29.1 Å². The van der Waals surface area contributed by atoms with Gasteiger partial charge in [0.2, 0.25) is 5.95 Å². The van der Waals surface area contributed by atoms with Crippen LogP contribution in [-0.4, -0.2) is 33.4 Å². The zero-order chi connectivity index (χ0) is 20.4. The number of nitrogens with two attached hydrogens (primary N) is 1. The summed E-state index contributed by atoms with van der Waals surface area (Å²) in [5.74, 6) is -0.664. The first-order valence-electron chi connectivity index (χ1n) is 9.82. The van der Waals surface area contributed by atoms with Crippen LogP contribution in [0.25, 0.3) is 0 Å². The van der Waals surface area contributed by atoms with E-state index in [4.69, 9.17) is 10.5 Å². The molecule has 0 saturated heterocycles. The summed E-state index contributed by atoms with van der Waals surface area (Å²) in [6.45, 7) is 0.775. The Bertz CT molecular complexity index is 935. The van der Waals surface area contributed by atoms with Crippen molar-refractivity contribution < 1.29 is 13.9 Å². The van der Waals surface area contributed by atoms with Gasteiger partial charge in [-0.15, -0.1) is 0 Å². The summed E-state index contributed by atoms with van der Waals surface area (Å²) in [6, 6.07) is 4.95. The third-order valence-corrected chi connectivity index (χ3v) is 5.52. The van der Waals surface area contributed by atoms with Crippen molar-refractivity contribution in [2.24, 2.45) is 17.6 Å². The normalized spacial score (nSPS) is 24.1. The topological polar surface area (TPSA) is 119 Å². The van der Waals surface area contributed by atoms with Gasteiger partial charge >= 0.3 is 0 Å². The minimum absolute atomic E-state index is 0.0834. The minimum Gasteiger partial charge on any atom is -0.378 e. The fourth-order valence-electron chi connectivity index (χ4n) is 3.73. The highest BCUT2D eigenvalue weighted by atomic mass is 19.1. The molecule has 4 rings (SSSR count). The first kappa shape index (κ1) is 19.3. The maximum absolute atomic E-state index is 13.4. The summed E-state index contributed by atoms with van der Waals surface area (Å²) >= 11 is 0. The van der Waals surface area contributed by atoms with E-state index in [-0.39, 0.29) is 29.4 Å². The third-order valence-electron chi connectivity index (χ3n) is 5.52. The summed E-state index contributed by atoms with van der Waals surface area (Å²) in [5, 5.41) is 17.1. The Morgan fingerprint density at radius 2 is 2.24 bits per heavy atom. The Hall–Kier alpha value is -2.99. The summed E-state index contributed by atoms with van der Waals surface area (Å²) in [5.41, 5.74) is 6.09. The van der Waals surface area contributed by atoms with E-state index >= 15 is 0 Å². The fourth-order valence-corrected chi connectivity index (χ4v) is 3.73. The van der Waals surface area contributed by atoms with Gasteiger partial charge < -0.3 is 15.8 Å². The third kappa shape index (κ3) is 4.54. The van der Waals surface area contributed by atoms with E-state index in [0.29, 0.717) is 18.0 Å². The summed E-state index contributed by atoms with van der Waals surface area (Å²) in [7, 11) is 0. The van der Waals surface area contributed by atoms with Gasteiger partial charge in [0.05, 0.1) is 24.1 Å². The smallest absolute Gasteiger partial charge is 0.254 e. The lowest BCUT2D eigenvalue weighted by molar-refractivity contribution is 0.00154. The summed E-state index contributed by atoms with van der Waals surface area (Å²) in [4.78, 5) is 15.4. The molecule has 3 atom stereocenters. The average Bonchev–Trinajstić information content (AvgIpc) is 3.44. The molecule has 29 heavy (non-hydrogen) atoms. The van der Waals surface area contributed by atoms with E-state index in [1.807, 2.05) is 0 Å². The van der Waals surface area contributed by atoms with Gasteiger partial charge in [0.1, 0.15) is 5.56 Å². The molecule has 152 valence electrons. The van der Waals surface area contributed by atoms with Crippen molar-refractivity contribution >= 4 is 17.4 Å². The average molecular weight is 398 g/mol. The van der Waals surface area contributed by atoms with E-state index in [2.05, 4.69) is 21.5 Å². The van der Waals surface area contributed by atoms with E-state index in [9.17, 15) is 14.4 Å². The Morgan fingerprint density at radius 1 is 1.41 bits per heavy atom. The lowest BCUT2D eigenvalue weighted by Gasteiger charge is -2.32. The zero-order valence-electron chi connectivity index (χ0n) is 15.9. The molecule has 8 nitrogen and oxygen atoms in total. The Balaban J connectivity index is 1.51. The Morgan fingerprint density at radius 3 is 2.93 bits per heavy atom. The van der Waals surface area contributed by atoms with E-state index in [0.717, 1.165) is 19.4 Å². The predicted octanol–water partition coefficient (Wildman–Crippen LogP) is 2.92. The molecule has 2 aromatic heterocycles. The van der Waals surface area contributed by atoms with Crippen LogP contribution in [-0.2, 0) is 4.74 Å². The molecule has 2 saturated carbocycles. The molecule has 2 aliphatic carbocycles. The number of carbonyl (C=O) groups is 1. The molecule has 0 spiro atoms. The number of hydrogen-bond acceptors (Lipinski definition) is 6. The van der Waals surface area contributed by atoms with E-state index in [1.54, 1.807) is 16.9 Å². The van der Waals surface area contributed by atoms with Gasteiger partial charge in [0, 0.05) is 30.8 Å². The number of nitriles is 1. The first-order chi connectivity index (χ1) is 14.0. The number of nitrogens with one attached hydrogen (secondary N) is 1. The SMILES string of the molecule is N#C[C@H]1C[C@H](OCC2CC2)CC[C@@H]1n1cc(C(N)=O)c(Nc2ccnc(F)c2)n1. The number of carbonyl (C=O) groups excluding carboxylic acids is 1. The second-order valence-corrected chi connectivity index (χ2v) is 7.74.